The van der Waals surface area contributed by atoms with Gasteiger partial charge in [0.15, 0.2) is 0 Å². The molecule has 0 amide bonds. The average Bonchev–Trinajstić information content (AvgIpc) is 3.05. The number of methoxy groups -OCH3 is 3. The van der Waals surface area contributed by atoms with Gasteiger partial charge >= 0.3 is 0 Å². The molecule has 29 heavy (non-hydrogen) atoms. The highest BCUT2D eigenvalue weighted by atomic mass is 16.5. The SMILES string of the molecule is COc1ccc(CC2(O)c3ccc(OC)cc3CC2c2ccc(OC)cc2)cc1. The Labute approximate surface area is 171 Å². The van der Waals surface area contributed by atoms with Crippen molar-refractivity contribution >= 4 is 0 Å². The van der Waals surface area contributed by atoms with Crippen LogP contribution in [0.3, 0.4) is 0 Å². The number of hydrogen-bond donors (Lipinski definition) is 1. The van der Waals surface area contributed by atoms with E-state index in [0.717, 1.165) is 45.9 Å². The van der Waals surface area contributed by atoms with Gasteiger partial charge in [-0.05, 0) is 65.1 Å². The molecule has 4 nitrogen and oxygen atoms in total. The van der Waals surface area contributed by atoms with Gasteiger partial charge in [0.25, 0.3) is 0 Å². The fourth-order valence-electron chi connectivity index (χ4n) is 4.37. The second-order valence-corrected chi connectivity index (χ2v) is 7.50. The molecule has 0 spiro atoms. The minimum absolute atomic E-state index is 0.0578. The molecule has 0 aliphatic heterocycles. The fraction of sp³-hybridized carbons (Fsp3) is 0.280. The van der Waals surface area contributed by atoms with Gasteiger partial charge in [-0.3, -0.25) is 0 Å². The zero-order chi connectivity index (χ0) is 20.4. The first-order valence-corrected chi connectivity index (χ1v) is 9.74. The molecule has 4 rings (SSSR count). The maximum Gasteiger partial charge on any atom is 0.119 e. The van der Waals surface area contributed by atoms with Gasteiger partial charge in [-0.1, -0.05) is 30.3 Å². The number of aliphatic hydroxyl groups is 1. The third-order valence-corrected chi connectivity index (χ3v) is 5.93. The fourth-order valence-corrected chi connectivity index (χ4v) is 4.37. The molecule has 2 atom stereocenters. The van der Waals surface area contributed by atoms with Crippen LogP contribution in [0.4, 0.5) is 0 Å². The minimum Gasteiger partial charge on any atom is -0.497 e. The third kappa shape index (κ3) is 3.56. The van der Waals surface area contributed by atoms with Crippen LogP contribution in [0.25, 0.3) is 0 Å². The zero-order valence-electron chi connectivity index (χ0n) is 17.0. The first-order valence-electron chi connectivity index (χ1n) is 9.74. The van der Waals surface area contributed by atoms with E-state index < -0.39 is 5.60 Å². The summed E-state index contributed by atoms with van der Waals surface area (Å²) in [5.74, 6) is 2.37. The Morgan fingerprint density at radius 1 is 0.793 bits per heavy atom. The van der Waals surface area contributed by atoms with Crippen LogP contribution in [0, 0.1) is 0 Å². The van der Waals surface area contributed by atoms with E-state index in [1.54, 1.807) is 21.3 Å². The normalized spacial score (nSPS) is 20.2. The highest BCUT2D eigenvalue weighted by molar-refractivity contribution is 5.49. The maximum atomic E-state index is 12.0. The lowest BCUT2D eigenvalue weighted by molar-refractivity contribution is 0.0189. The summed E-state index contributed by atoms with van der Waals surface area (Å²) in [6, 6.07) is 21.9. The highest BCUT2D eigenvalue weighted by Gasteiger charge is 2.46. The molecule has 1 aliphatic rings. The highest BCUT2D eigenvalue weighted by Crippen LogP contribution is 2.50. The quantitative estimate of drug-likeness (QED) is 0.674. The maximum absolute atomic E-state index is 12.0. The number of fused-ring (bicyclic) bond motifs is 1. The lowest BCUT2D eigenvalue weighted by atomic mass is 9.78. The molecule has 2 unspecified atom stereocenters. The standard InChI is InChI=1S/C25H26O4/c1-27-20-8-4-17(5-9-20)16-25(26)23-13-12-22(29-3)14-19(23)15-24(25)18-6-10-21(28-2)11-7-18/h4-14,24,26H,15-16H2,1-3H3. The summed E-state index contributed by atoms with van der Waals surface area (Å²) >= 11 is 0. The summed E-state index contributed by atoms with van der Waals surface area (Å²) < 4.78 is 16.0. The third-order valence-electron chi connectivity index (χ3n) is 5.93. The van der Waals surface area contributed by atoms with Crippen molar-refractivity contribution in [3.63, 3.8) is 0 Å². The number of hydrogen-bond acceptors (Lipinski definition) is 4. The van der Waals surface area contributed by atoms with E-state index in [1.165, 1.54) is 0 Å². The van der Waals surface area contributed by atoms with Gasteiger partial charge < -0.3 is 19.3 Å². The molecular formula is C25H26O4. The Balaban J connectivity index is 1.75. The van der Waals surface area contributed by atoms with Gasteiger partial charge in [-0.15, -0.1) is 0 Å². The topological polar surface area (TPSA) is 47.9 Å². The van der Waals surface area contributed by atoms with Crippen molar-refractivity contribution in [2.45, 2.75) is 24.4 Å². The molecule has 0 fully saturated rings. The second kappa shape index (κ2) is 7.80. The zero-order valence-corrected chi connectivity index (χ0v) is 17.0. The van der Waals surface area contributed by atoms with Crippen LogP contribution in [0.15, 0.2) is 66.7 Å². The summed E-state index contributed by atoms with van der Waals surface area (Å²) in [5, 5.41) is 12.0. The van der Waals surface area contributed by atoms with Crippen molar-refractivity contribution in [2.24, 2.45) is 0 Å². The van der Waals surface area contributed by atoms with Crippen LogP contribution in [0.2, 0.25) is 0 Å². The van der Waals surface area contributed by atoms with Gasteiger partial charge in [0.1, 0.15) is 22.8 Å². The van der Waals surface area contributed by atoms with Crippen molar-refractivity contribution in [2.75, 3.05) is 21.3 Å². The molecule has 0 saturated heterocycles. The van der Waals surface area contributed by atoms with Gasteiger partial charge in [-0.2, -0.15) is 0 Å². The molecule has 0 radical (unpaired) electrons. The average molecular weight is 390 g/mol. The first-order chi connectivity index (χ1) is 14.1. The molecule has 0 aromatic heterocycles. The van der Waals surface area contributed by atoms with E-state index in [0.29, 0.717) is 6.42 Å². The summed E-state index contributed by atoms with van der Waals surface area (Å²) in [6.07, 6.45) is 1.28. The van der Waals surface area contributed by atoms with Crippen molar-refractivity contribution in [3.8, 4) is 17.2 Å². The molecule has 4 heteroatoms. The van der Waals surface area contributed by atoms with E-state index >= 15 is 0 Å². The van der Waals surface area contributed by atoms with Crippen LogP contribution in [0.5, 0.6) is 17.2 Å². The molecule has 0 saturated carbocycles. The van der Waals surface area contributed by atoms with E-state index in [4.69, 9.17) is 14.2 Å². The summed E-state index contributed by atoms with van der Waals surface area (Å²) in [6.45, 7) is 0. The Hall–Kier alpha value is -2.98. The Morgan fingerprint density at radius 3 is 1.93 bits per heavy atom. The molecule has 3 aromatic rings. The van der Waals surface area contributed by atoms with Crippen molar-refractivity contribution in [1.82, 2.24) is 0 Å². The van der Waals surface area contributed by atoms with Crippen LogP contribution in [-0.4, -0.2) is 26.4 Å². The smallest absolute Gasteiger partial charge is 0.119 e. The predicted molar refractivity (Wildman–Crippen MR) is 113 cm³/mol. The lowest BCUT2D eigenvalue weighted by Gasteiger charge is -2.32. The molecule has 1 aliphatic carbocycles. The Kier molecular flexibility index (Phi) is 5.20. The molecular weight excluding hydrogens is 364 g/mol. The van der Waals surface area contributed by atoms with Gasteiger partial charge in [0.05, 0.1) is 21.3 Å². The van der Waals surface area contributed by atoms with E-state index in [9.17, 15) is 5.11 Å². The molecule has 150 valence electrons. The van der Waals surface area contributed by atoms with Crippen molar-refractivity contribution in [1.29, 1.82) is 0 Å². The van der Waals surface area contributed by atoms with Crippen molar-refractivity contribution < 1.29 is 19.3 Å². The second-order valence-electron chi connectivity index (χ2n) is 7.50. The molecule has 1 N–H and O–H groups in total. The number of ether oxygens (including phenoxy) is 3. The summed E-state index contributed by atoms with van der Waals surface area (Å²) in [7, 11) is 4.98. The number of benzene rings is 3. The Bertz CT molecular complexity index is 979. The molecule has 0 bridgehead atoms. The van der Waals surface area contributed by atoms with Crippen LogP contribution >= 0.6 is 0 Å². The van der Waals surface area contributed by atoms with Crippen LogP contribution < -0.4 is 14.2 Å². The minimum atomic E-state index is -1.01. The van der Waals surface area contributed by atoms with Crippen LogP contribution in [0.1, 0.15) is 28.2 Å². The van der Waals surface area contributed by atoms with Gasteiger partial charge in [0, 0.05) is 12.3 Å². The largest absolute Gasteiger partial charge is 0.497 e. The monoisotopic (exact) mass is 390 g/mol. The summed E-state index contributed by atoms with van der Waals surface area (Å²) in [5.41, 5.74) is 3.24. The molecule has 3 aromatic carbocycles. The van der Waals surface area contributed by atoms with Gasteiger partial charge in [0.2, 0.25) is 0 Å². The van der Waals surface area contributed by atoms with Crippen LogP contribution in [-0.2, 0) is 18.4 Å². The molecule has 0 heterocycles. The summed E-state index contributed by atoms with van der Waals surface area (Å²) in [4.78, 5) is 0. The Morgan fingerprint density at radius 2 is 1.34 bits per heavy atom. The van der Waals surface area contributed by atoms with E-state index in [2.05, 4.69) is 0 Å². The van der Waals surface area contributed by atoms with E-state index in [-0.39, 0.29) is 5.92 Å². The van der Waals surface area contributed by atoms with Crippen molar-refractivity contribution in [3.05, 3.63) is 89.0 Å². The lowest BCUT2D eigenvalue weighted by Crippen LogP contribution is -2.32. The van der Waals surface area contributed by atoms with E-state index in [1.807, 2.05) is 66.7 Å². The predicted octanol–water partition coefficient (Wildman–Crippen LogP) is 4.48. The number of rotatable bonds is 6. The first kappa shape index (κ1) is 19.3. The van der Waals surface area contributed by atoms with Gasteiger partial charge in [-0.25, -0.2) is 0 Å².